The van der Waals surface area contributed by atoms with Crippen molar-refractivity contribution < 1.29 is 92.7 Å². The Morgan fingerprint density at radius 2 is 1.49 bits per heavy atom. The maximum atomic E-state index is 12.0. The molecule has 2 aromatic rings. The standard InChI is InChI=1S/C8H5F3N2O.C6H4N2O.C3H2F6O3S.Na.H/c9-8(10,11)5-13-6(3-12)1-2-7(13)4-14;7-3-5-1-2-6(4-9)8-5;4-2(5,6)1-12-13(10,11)3(7,8)9;;/h1-2,4H,5H2;1-2,4,8H;1H2;;/q;;;+1;-1. The van der Waals surface area contributed by atoms with E-state index in [4.69, 9.17) is 10.5 Å². The fourth-order valence-corrected chi connectivity index (χ4v) is 2.22. The van der Waals surface area contributed by atoms with Gasteiger partial charge in [0.15, 0.2) is 19.2 Å². The summed E-state index contributed by atoms with van der Waals surface area (Å²) >= 11 is 0. The van der Waals surface area contributed by atoms with Crippen molar-refractivity contribution in [3.8, 4) is 12.1 Å². The molecule has 37 heavy (non-hydrogen) atoms. The summed E-state index contributed by atoms with van der Waals surface area (Å²) in [5, 5.41) is 16.7. The van der Waals surface area contributed by atoms with Gasteiger partial charge in [-0.25, -0.2) is 0 Å². The smallest absolute Gasteiger partial charge is 1.00 e. The summed E-state index contributed by atoms with van der Waals surface area (Å²) in [7, 11) is -6.15. The molecular weight excluding hydrogens is 566 g/mol. The number of carbonyl (C=O) groups excluding carboxylic acids is 2. The fraction of sp³-hybridized carbons (Fsp3) is 0.294. The predicted molar refractivity (Wildman–Crippen MR) is 99.6 cm³/mol. The van der Waals surface area contributed by atoms with Crippen LogP contribution in [0.15, 0.2) is 24.3 Å². The molecule has 0 unspecified atom stereocenters. The molecule has 0 saturated carbocycles. The van der Waals surface area contributed by atoms with Crippen LogP contribution < -0.4 is 29.6 Å². The van der Waals surface area contributed by atoms with Crippen molar-refractivity contribution >= 4 is 22.7 Å². The van der Waals surface area contributed by atoms with E-state index < -0.39 is 41.1 Å². The number of rotatable bonds is 5. The van der Waals surface area contributed by atoms with E-state index >= 15 is 0 Å². The van der Waals surface area contributed by atoms with Gasteiger partial charge in [0.05, 0.1) is 11.4 Å². The zero-order chi connectivity index (χ0) is 28.4. The third kappa shape index (κ3) is 13.9. The molecule has 20 heteroatoms. The molecule has 2 heterocycles. The molecule has 0 radical (unpaired) electrons. The molecule has 0 fully saturated rings. The summed E-state index contributed by atoms with van der Waals surface area (Å²) in [5.74, 6) is 0. The molecule has 9 nitrogen and oxygen atoms in total. The van der Waals surface area contributed by atoms with Crippen molar-refractivity contribution in [2.45, 2.75) is 24.4 Å². The van der Waals surface area contributed by atoms with Crippen LogP contribution >= 0.6 is 0 Å². The Morgan fingerprint density at radius 3 is 1.81 bits per heavy atom. The van der Waals surface area contributed by atoms with Crippen molar-refractivity contribution in [2.24, 2.45) is 0 Å². The third-order valence-corrected chi connectivity index (χ3v) is 4.20. The minimum Gasteiger partial charge on any atom is -1.00 e. The molecule has 0 aromatic carbocycles. The zero-order valence-electron chi connectivity index (χ0n) is 19.1. The number of aromatic nitrogens is 2. The van der Waals surface area contributed by atoms with Crippen LogP contribution in [-0.4, -0.2) is 55.0 Å². The quantitative estimate of drug-likeness (QED) is 0.183. The van der Waals surface area contributed by atoms with Crippen LogP contribution in [0.25, 0.3) is 0 Å². The van der Waals surface area contributed by atoms with E-state index in [9.17, 15) is 57.5 Å². The summed E-state index contributed by atoms with van der Waals surface area (Å²) in [4.78, 5) is 22.9. The molecular formula is C17H12F9N4NaO5S. The first-order valence-corrected chi connectivity index (χ1v) is 9.89. The molecule has 0 aliphatic rings. The van der Waals surface area contributed by atoms with E-state index in [0.29, 0.717) is 22.2 Å². The molecule has 0 aliphatic carbocycles. The summed E-state index contributed by atoms with van der Waals surface area (Å²) in [6.07, 6.45) is -8.62. The fourth-order valence-electron chi connectivity index (χ4n) is 1.80. The number of alkyl halides is 9. The number of nitrogens with one attached hydrogen (secondary N) is 1. The molecule has 0 spiro atoms. The normalized spacial score (nSPS) is 11.3. The minimum absolute atomic E-state index is 0. The molecule has 0 aliphatic heterocycles. The van der Waals surface area contributed by atoms with Gasteiger partial charge in [-0.3, -0.25) is 13.8 Å². The Balaban J connectivity index is -0.000000481. The van der Waals surface area contributed by atoms with Gasteiger partial charge in [-0.15, -0.1) is 0 Å². The summed E-state index contributed by atoms with van der Waals surface area (Å²) < 4.78 is 127. The maximum Gasteiger partial charge on any atom is 1.00 e. The van der Waals surface area contributed by atoms with Gasteiger partial charge >= 0.3 is 57.5 Å². The van der Waals surface area contributed by atoms with E-state index in [2.05, 4.69) is 9.17 Å². The van der Waals surface area contributed by atoms with Crippen molar-refractivity contribution in [3.63, 3.8) is 0 Å². The second-order valence-electron chi connectivity index (χ2n) is 5.91. The second-order valence-corrected chi connectivity index (χ2v) is 7.52. The van der Waals surface area contributed by atoms with Crippen molar-refractivity contribution in [3.05, 3.63) is 47.0 Å². The molecule has 0 amide bonds. The second kappa shape index (κ2) is 14.8. The number of aldehydes is 2. The average molecular weight is 578 g/mol. The van der Waals surface area contributed by atoms with Gasteiger partial charge in [-0.2, -0.15) is 58.5 Å². The Morgan fingerprint density at radius 1 is 0.919 bits per heavy atom. The van der Waals surface area contributed by atoms with Gasteiger partial charge in [-0.05, 0) is 24.3 Å². The van der Waals surface area contributed by atoms with Gasteiger partial charge in [0, 0.05) is 0 Å². The van der Waals surface area contributed by atoms with Crippen molar-refractivity contribution in [1.82, 2.24) is 9.55 Å². The van der Waals surface area contributed by atoms with Crippen LogP contribution in [-0.2, 0) is 20.8 Å². The number of H-pyrrole nitrogens is 1. The Bertz CT molecular complexity index is 1230. The van der Waals surface area contributed by atoms with E-state index in [1.54, 1.807) is 18.2 Å². The van der Waals surface area contributed by atoms with Gasteiger partial charge in [0.1, 0.15) is 30.1 Å². The van der Waals surface area contributed by atoms with Crippen molar-refractivity contribution in [1.29, 1.82) is 10.5 Å². The van der Waals surface area contributed by atoms with Gasteiger partial charge < -0.3 is 11.0 Å². The largest absolute Gasteiger partial charge is 1.00 e. The first-order chi connectivity index (χ1) is 16.3. The van der Waals surface area contributed by atoms with Crippen molar-refractivity contribution in [2.75, 3.05) is 6.61 Å². The van der Waals surface area contributed by atoms with E-state index in [-0.39, 0.29) is 48.7 Å². The number of nitrogens with zero attached hydrogens (tertiary/aromatic N) is 3. The topological polar surface area (TPSA) is 146 Å². The van der Waals surface area contributed by atoms with Crippen LogP contribution in [0.2, 0.25) is 0 Å². The number of hydrogen-bond acceptors (Lipinski definition) is 7. The first-order valence-electron chi connectivity index (χ1n) is 8.48. The average Bonchev–Trinajstić information content (AvgIpc) is 3.37. The number of hydrogen-bond donors (Lipinski definition) is 1. The van der Waals surface area contributed by atoms with Gasteiger partial charge in [0.2, 0.25) is 0 Å². The number of carbonyl (C=O) groups is 2. The summed E-state index contributed by atoms with van der Waals surface area (Å²) in [6, 6.07) is 8.92. The van der Waals surface area contributed by atoms with E-state index in [1.165, 1.54) is 12.1 Å². The van der Waals surface area contributed by atoms with Crippen LogP contribution in [0.5, 0.6) is 0 Å². The predicted octanol–water partition coefficient (Wildman–Crippen LogP) is 0.965. The SMILES string of the molecule is N#Cc1ccc(C=O)[nH]1.N#Cc1ccc(C=O)n1CC(F)(F)F.O=S(=O)(OCC(F)(F)F)C(F)(F)F.[H-].[Na+]. The minimum atomic E-state index is -6.15. The third-order valence-electron chi connectivity index (χ3n) is 3.20. The molecule has 200 valence electrons. The summed E-state index contributed by atoms with van der Waals surface area (Å²) in [5.41, 5.74) is -5.31. The Labute approximate surface area is 225 Å². The number of halogens is 9. The first kappa shape index (κ1) is 36.3. The van der Waals surface area contributed by atoms with Crippen LogP contribution in [0.1, 0.15) is 33.8 Å². The molecule has 0 saturated heterocycles. The van der Waals surface area contributed by atoms with Crippen LogP contribution in [0, 0.1) is 22.7 Å². The summed E-state index contributed by atoms with van der Waals surface area (Å²) in [6.45, 7) is -3.81. The van der Waals surface area contributed by atoms with Crippen LogP contribution in [0.3, 0.4) is 0 Å². The van der Waals surface area contributed by atoms with E-state index in [0.717, 1.165) is 0 Å². The van der Waals surface area contributed by atoms with E-state index in [1.807, 2.05) is 6.07 Å². The molecule has 0 bridgehead atoms. The molecule has 0 atom stereocenters. The van der Waals surface area contributed by atoms with Gasteiger partial charge in [-0.1, -0.05) is 0 Å². The molecule has 2 rings (SSSR count). The van der Waals surface area contributed by atoms with Gasteiger partial charge in [0.25, 0.3) is 0 Å². The molecule has 1 N–H and O–H groups in total. The molecule has 2 aromatic heterocycles. The maximum absolute atomic E-state index is 12.0. The zero-order valence-corrected chi connectivity index (χ0v) is 20.9. The Hall–Kier alpha value is -2.84. The number of aromatic amines is 1. The Kier molecular flexibility index (Phi) is 14.5. The van der Waals surface area contributed by atoms with Crippen LogP contribution in [0.4, 0.5) is 39.5 Å². The number of nitriles is 2. The monoisotopic (exact) mass is 578 g/mol.